The van der Waals surface area contributed by atoms with E-state index < -0.39 is 0 Å². The molecule has 98 valence electrons. The molecule has 0 aromatic rings. The predicted octanol–water partition coefficient (Wildman–Crippen LogP) is 1.02. The van der Waals surface area contributed by atoms with Gasteiger partial charge in [-0.15, -0.1) is 0 Å². The van der Waals surface area contributed by atoms with Gasteiger partial charge in [-0.2, -0.15) is 0 Å². The number of nitrogens with one attached hydrogen (secondary N) is 1. The highest BCUT2D eigenvalue weighted by atomic mass is 16.5. The quantitative estimate of drug-likeness (QED) is 0.800. The second kappa shape index (κ2) is 5.83. The molecule has 4 nitrogen and oxygen atoms in total. The Labute approximate surface area is 104 Å². The number of carbonyl (C=O) groups excluding carboxylic acids is 1. The molecule has 0 spiro atoms. The van der Waals surface area contributed by atoms with Crippen molar-refractivity contribution in [3.05, 3.63) is 0 Å². The first-order valence-electron chi connectivity index (χ1n) is 6.86. The zero-order chi connectivity index (χ0) is 12.1. The molecule has 2 aliphatic rings. The van der Waals surface area contributed by atoms with E-state index in [9.17, 15) is 4.79 Å². The Morgan fingerprint density at radius 2 is 2.29 bits per heavy atom. The number of hydrogen-bond acceptors (Lipinski definition) is 3. The second-order valence-electron chi connectivity index (χ2n) is 5.22. The van der Waals surface area contributed by atoms with E-state index >= 15 is 0 Å². The fourth-order valence-electron chi connectivity index (χ4n) is 3.01. The zero-order valence-corrected chi connectivity index (χ0v) is 10.8. The van der Waals surface area contributed by atoms with Gasteiger partial charge in [-0.05, 0) is 25.8 Å². The number of hydrogen-bond donors (Lipinski definition) is 1. The summed E-state index contributed by atoms with van der Waals surface area (Å²) < 4.78 is 5.42. The van der Waals surface area contributed by atoms with Crippen molar-refractivity contribution < 1.29 is 9.53 Å². The summed E-state index contributed by atoms with van der Waals surface area (Å²) in [5, 5.41) is 3.35. The van der Waals surface area contributed by atoms with Crippen molar-refractivity contribution in [2.24, 2.45) is 5.41 Å². The van der Waals surface area contributed by atoms with Crippen LogP contribution in [0.1, 0.15) is 32.6 Å². The molecule has 2 rings (SSSR count). The third kappa shape index (κ3) is 2.80. The summed E-state index contributed by atoms with van der Waals surface area (Å²) in [5.74, 6) is 0.356. The van der Waals surface area contributed by atoms with Crippen molar-refractivity contribution in [3.8, 4) is 0 Å². The van der Waals surface area contributed by atoms with E-state index in [1.807, 2.05) is 4.90 Å². The van der Waals surface area contributed by atoms with Gasteiger partial charge in [0.25, 0.3) is 0 Å². The maximum Gasteiger partial charge on any atom is 0.230 e. The highest BCUT2D eigenvalue weighted by Crippen LogP contribution is 2.33. The van der Waals surface area contributed by atoms with Crippen LogP contribution in [0.5, 0.6) is 0 Å². The molecule has 2 heterocycles. The van der Waals surface area contributed by atoms with Crippen molar-refractivity contribution >= 4 is 5.91 Å². The van der Waals surface area contributed by atoms with Gasteiger partial charge in [0, 0.05) is 26.2 Å². The lowest BCUT2D eigenvalue weighted by atomic mass is 9.81. The monoisotopic (exact) mass is 240 g/mol. The van der Waals surface area contributed by atoms with E-state index in [0.29, 0.717) is 12.5 Å². The van der Waals surface area contributed by atoms with Crippen molar-refractivity contribution in [2.75, 3.05) is 39.4 Å². The minimum Gasteiger partial charge on any atom is -0.380 e. The first kappa shape index (κ1) is 12.8. The Morgan fingerprint density at radius 1 is 1.41 bits per heavy atom. The fourth-order valence-corrected chi connectivity index (χ4v) is 3.01. The van der Waals surface area contributed by atoms with Crippen molar-refractivity contribution in [2.45, 2.75) is 32.6 Å². The molecule has 1 atom stereocenters. The van der Waals surface area contributed by atoms with Gasteiger partial charge in [0.05, 0.1) is 12.0 Å². The number of amides is 1. The van der Waals surface area contributed by atoms with Crippen LogP contribution in [0.3, 0.4) is 0 Å². The third-order valence-electron chi connectivity index (χ3n) is 3.94. The van der Waals surface area contributed by atoms with Crippen molar-refractivity contribution in [3.63, 3.8) is 0 Å². The largest absolute Gasteiger partial charge is 0.380 e. The minimum atomic E-state index is -0.126. The van der Waals surface area contributed by atoms with Gasteiger partial charge < -0.3 is 15.0 Å². The van der Waals surface area contributed by atoms with Crippen LogP contribution < -0.4 is 5.32 Å². The topological polar surface area (TPSA) is 41.6 Å². The van der Waals surface area contributed by atoms with E-state index in [4.69, 9.17) is 4.74 Å². The van der Waals surface area contributed by atoms with Crippen LogP contribution in [0.4, 0.5) is 0 Å². The van der Waals surface area contributed by atoms with Gasteiger partial charge in [-0.3, -0.25) is 4.79 Å². The summed E-state index contributed by atoms with van der Waals surface area (Å²) in [6, 6.07) is 0. The summed E-state index contributed by atoms with van der Waals surface area (Å²) in [6.45, 7) is 7.13. The lowest BCUT2D eigenvalue weighted by Crippen LogP contribution is -2.46. The number of rotatable bonds is 3. The first-order chi connectivity index (χ1) is 8.28. The number of nitrogens with zero attached hydrogens (tertiary/aromatic N) is 1. The van der Waals surface area contributed by atoms with Gasteiger partial charge in [-0.1, -0.05) is 13.3 Å². The second-order valence-corrected chi connectivity index (χ2v) is 5.22. The van der Waals surface area contributed by atoms with Crippen LogP contribution in [0.15, 0.2) is 0 Å². The standard InChI is InChI=1S/C13H24N2O2/c1-2-4-13(5-6-14-11-13)12(16)15-7-3-9-17-10-8-15/h14H,2-11H2,1H3. The molecule has 0 aliphatic carbocycles. The molecule has 0 saturated carbocycles. The summed E-state index contributed by atoms with van der Waals surface area (Å²) in [7, 11) is 0. The predicted molar refractivity (Wildman–Crippen MR) is 66.8 cm³/mol. The normalized spacial score (nSPS) is 30.3. The Morgan fingerprint density at radius 3 is 3.00 bits per heavy atom. The fraction of sp³-hybridized carbons (Fsp3) is 0.923. The molecule has 0 aromatic heterocycles. The summed E-state index contributed by atoms with van der Waals surface area (Å²) in [4.78, 5) is 14.7. The molecule has 4 heteroatoms. The smallest absolute Gasteiger partial charge is 0.230 e. The van der Waals surface area contributed by atoms with Crippen LogP contribution in [0, 0.1) is 5.41 Å². The average molecular weight is 240 g/mol. The molecule has 1 unspecified atom stereocenters. The zero-order valence-electron chi connectivity index (χ0n) is 10.8. The average Bonchev–Trinajstić information content (AvgIpc) is 2.65. The van der Waals surface area contributed by atoms with Crippen LogP contribution in [0.25, 0.3) is 0 Å². The molecule has 0 aromatic carbocycles. The summed E-state index contributed by atoms with van der Waals surface area (Å²) in [6.07, 6.45) is 4.06. The molecule has 0 bridgehead atoms. The number of ether oxygens (including phenoxy) is 1. The Hall–Kier alpha value is -0.610. The molecule has 2 aliphatic heterocycles. The van der Waals surface area contributed by atoms with E-state index in [2.05, 4.69) is 12.2 Å². The van der Waals surface area contributed by atoms with Gasteiger partial charge in [0.1, 0.15) is 0 Å². The van der Waals surface area contributed by atoms with E-state index in [1.54, 1.807) is 0 Å². The summed E-state index contributed by atoms with van der Waals surface area (Å²) in [5.41, 5.74) is -0.126. The molecule has 2 fully saturated rings. The van der Waals surface area contributed by atoms with Crippen molar-refractivity contribution in [1.29, 1.82) is 0 Å². The Bertz CT molecular complexity index is 254. The van der Waals surface area contributed by atoms with E-state index in [0.717, 1.165) is 58.5 Å². The molecule has 17 heavy (non-hydrogen) atoms. The lowest BCUT2D eigenvalue weighted by molar-refractivity contribution is -0.141. The van der Waals surface area contributed by atoms with Crippen molar-refractivity contribution in [1.82, 2.24) is 10.2 Å². The SMILES string of the molecule is CCCC1(C(=O)N2CCCOCC2)CCNC1. The van der Waals surface area contributed by atoms with Gasteiger partial charge in [-0.25, -0.2) is 0 Å². The highest BCUT2D eigenvalue weighted by Gasteiger charge is 2.42. The van der Waals surface area contributed by atoms with Gasteiger partial charge >= 0.3 is 0 Å². The van der Waals surface area contributed by atoms with Crippen LogP contribution in [0.2, 0.25) is 0 Å². The van der Waals surface area contributed by atoms with E-state index in [1.165, 1.54) is 0 Å². The highest BCUT2D eigenvalue weighted by molar-refractivity contribution is 5.83. The maximum absolute atomic E-state index is 12.7. The lowest BCUT2D eigenvalue weighted by Gasteiger charge is -2.33. The number of carbonyl (C=O) groups is 1. The maximum atomic E-state index is 12.7. The Balaban J connectivity index is 2.04. The van der Waals surface area contributed by atoms with Crippen LogP contribution in [-0.4, -0.2) is 50.2 Å². The van der Waals surface area contributed by atoms with Gasteiger partial charge in [0.2, 0.25) is 5.91 Å². The third-order valence-corrected chi connectivity index (χ3v) is 3.94. The first-order valence-corrected chi connectivity index (χ1v) is 6.86. The molecule has 1 amide bonds. The minimum absolute atomic E-state index is 0.126. The molecular weight excluding hydrogens is 216 g/mol. The van der Waals surface area contributed by atoms with Crippen LogP contribution in [-0.2, 0) is 9.53 Å². The van der Waals surface area contributed by atoms with E-state index in [-0.39, 0.29) is 5.41 Å². The molecule has 0 radical (unpaired) electrons. The molecule has 1 N–H and O–H groups in total. The van der Waals surface area contributed by atoms with Crippen LogP contribution >= 0.6 is 0 Å². The Kier molecular flexibility index (Phi) is 4.40. The molecule has 2 saturated heterocycles. The molecular formula is C13H24N2O2. The van der Waals surface area contributed by atoms with Gasteiger partial charge in [0.15, 0.2) is 0 Å². The summed E-state index contributed by atoms with van der Waals surface area (Å²) >= 11 is 0.